The number of hydrogen-bond donors (Lipinski definition) is 0. The van der Waals surface area contributed by atoms with Crippen LogP contribution in [0.15, 0.2) is 78.9 Å². The predicted molar refractivity (Wildman–Crippen MR) is 102 cm³/mol. The molecule has 0 radical (unpaired) electrons. The summed E-state index contributed by atoms with van der Waals surface area (Å²) in [7, 11) is 0. The van der Waals surface area contributed by atoms with Gasteiger partial charge in [0, 0.05) is 5.56 Å². The first-order valence-electron chi connectivity index (χ1n) is 8.52. The van der Waals surface area contributed by atoms with E-state index in [-0.39, 0.29) is 5.91 Å². The van der Waals surface area contributed by atoms with Crippen LogP contribution in [0.1, 0.15) is 21.5 Å². The highest BCUT2D eigenvalue weighted by atomic mass is 16.2. The Bertz CT molecular complexity index is 953. The summed E-state index contributed by atoms with van der Waals surface area (Å²) in [5.74, 6) is -0.0828. The first-order valence-corrected chi connectivity index (χ1v) is 8.52. The number of nitrogens with zero attached hydrogens (tertiary/aromatic N) is 2. The molecule has 0 aromatic heterocycles. The maximum Gasteiger partial charge on any atom is 0.258 e. The maximum atomic E-state index is 13.3. The van der Waals surface area contributed by atoms with E-state index in [0.717, 1.165) is 28.9 Å². The Hall–Kier alpha value is -3.40. The Morgan fingerprint density at radius 2 is 1.31 bits per heavy atom. The highest BCUT2D eigenvalue weighted by Crippen LogP contribution is 2.34. The minimum absolute atomic E-state index is 0.0828. The van der Waals surface area contributed by atoms with Gasteiger partial charge in [0.05, 0.1) is 24.5 Å². The third kappa shape index (κ3) is 2.86. The summed E-state index contributed by atoms with van der Waals surface area (Å²) in [6.07, 6.45) is 0.826. The van der Waals surface area contributed by atoms with E-state index in [1.807, 2.05) is 78.9 Å². The van der Waals surface area contributed by atoms with E-state index in [0.29, 0.717) is 18.7 Å². The molecule has 0 fully saturated rings. The topological polar surface area (TPSA) is 40.6 Å². The van der Waals surface area contributed by atoms with Crippen LogP contribution >= 0.6 is 0 Å². The van der Waals surface area contributed by atoms with Crippen LogP contribution in [0.25, 0.3) is 0 Å². The van der Waals surface area contributed by atoms with Crippen molar-refractivity contribution in [3.8, 4) is 0 Å². The molecule has 3 aromatic rings. The highest BCUT2D eigenvalue weighted by molar-refractivity contribution is 6.08. The zero-order valence-electron chi connectivity index (χ0n) is 14.2. The minimum Gasteiger partial charge on any atom is -0.309 e. The monoisotopic (exact) mass is 342 g/mol. The first-order chi connectivity index (χ1) is 12.8. The molecule has 0 spiro atoms. The van der Waals surface area contributed by atoms with Crippen molar-refractivity contribution in [2.45, 2.75) is 13.1 Å². The van der Waals surface area contributed by atoms with Crippen LogP contribution in [-0.4, -0.2) is 12.3 Å². The number of carbonyl (C=O) groups excluding carboxylic acids is 2. The molecule has 0 aliphatic carbocycles. The summed E-state index contributed by atoms with van der Waals surface area (Å²) in [5.41, 5.74) is 4.18. The summed E-state index contributed by atoms with van der Waals surface area (Å²) < 4.78 is 0. The molecule has 0 atom stereocenters. The lowest BCUT2D eigenvalue weighted by Crippen LogP contribution is -2.35. The van der Waals surface area contributed by atoms with E-state index in [4.69, 9.17) is 0 Å². The third-order valence-electron chi connectivity index (χ3n) is 4.66. The molecule has 1 aliphatic rings. The van der Waals surface area contributed by atoms with Gasteiger partial charge in [-0.3, -0.25) is 9.59 Å². The largest absolute Gasteiger partial charge is 0.309 e. The first kappa shape index (κ1) is 16.1. The van der Waals surface area contributed by atoms with Gasteiger partial charge in [0.25, 0.3) is 5.91 Å². The number of fused-ring (bicyclic) bond motifs is 2. The van der Waals surface area contributed by atoms with Crippen molar-refractivity contribution in [1.29, 1.82) is 0 Å². The normalized spacial score (nSPS) is 13.2. The molecule has 4 nitrogen and oxygen atoms in total. The van der Waals surface area contributed by atoms with Gasteiger partial charge in [-0.1, -0.05) is 54.6 Å². The molecule has 0 saturated carbocycles. The van der Waals surface area contributed by atoms with E-state index >= 15 is 0 Å². The summed E-state index contributed by atoms with van der Waals surface area (Å²) in [6, 6.07) is 24.7. The molecular weight excluding hydrogens is 324 g/mol. The number of benzene rings is 3. The lowest BCUT2D eigenvalue weighted by molar-refractivity contribution is -0.107. The summed E-state index contributed by atoms with van der Waals surface area (Å²) in [4.78, 5) is 28.4. The van der Waals surface area contributed by atoms with Crippen LogP contribution in [-0.2, 0) is 17.9 Å². The van der Waals surface area contributed by atoms with Crippen LogP contribution in [0.5, 0.6) is 0 Å². The molecule has 0 saturated heterocycles. The van der Waals surface area contributed by atoms with Crippen LogP contribution in [0.3, 0.4) is 0 Å². The van der Waals surface area contributed by atoms with Crippen molar-refractivity contribution in [1.82, 2.24) is 0 Å². The standard InChI is InChI=1S/C22H18N2O2/c25-16-23-14-18-10-4-5-11-19(18)15-24(21-13-7-6-12-20(21)23)22(26)17-8-2-1-3-9-17/h1-13,16H,14-15H2. The Balaban J connectivity index is 1.88. The Kier molecular flexibility index (Phi) is 4.23. The predicted octanol–water partition coefficient (Wildman–Crippen LogP) is 4.01. The second-order valence-electron chi connectivity index (χ2n) is 6.25. The Morgan fingerprint density at radius 1 is 0.731 bits per heavy atom. The molecule has 4 heteroatoms. The van der Waals surface area contributed by atoms with Gasteiger partial charge < -0.3 is 9.80 Å². The van der Waals surface area contributed by atoms with Crippen molar-refractivity contribution in [3.05, 3.63) is 95.6 Å². The SMILES string of the molecule is O=CN1Cc2ccccc2CN(C(=O)c2ccccc2)c2ccccc21. The van der Waals surface area contributed by atoms with Gasteiger partial charge in [-0.2, -0.15) is 0 Å². The molecular formula is C22H18N2O2. The molecule has 128 valence electrons. The lowest BCUT2D eigenvalue weighted by atomic mass is 10.0. The number of carbonyl (C=O) groups is 2. The van der Waals surface area contributed by atoms with Crippen molar-refractivity contribution >= 4 is 23.7 Å². The fourth-order valence-electron chi connectivity index (χ4n) is 3.34. The van der Waals surface area contributed by atoms with E-state index < -0.39 is 0 Å². The molecule has 1 aliphatic heterocycles. The highest BCUT2D eigenvalue weighted by Gasteiger charge is 2.26. The van der Waals surface area contributed by atoms with Gasteiger partial charge in [0.15, 0.2) is 0 Å². The lowest BCUT2D eigenvalue weighted by Gasteiger charge is -2.32. The number of rotatable bonds is 2. The third-order valence-corrected chi connectivity index (χ3v) is 4.66. The second-order valence-corrected chi connectivity index (χ2v) is 6.25. The molecule has 0 unspecified atom stereocenters. The Morgan fingerprint density at radius 3 is 2.00 bits per heavy atom. The van der Waals surface area contributed by atoms with Gasteiger partial charge in [-0.25, -0.2) is 0 Å². The average Bonchev–Trinajstić information content (AvgIpc) is 2.70. The number of hydrogen-bond acceptors (Lipinski definition) is 2. The smallest absolute Gasteiger partial charge is 0.258 e. The molecule has 1 heterocycles. The molecule has 4 rings (SSSR count). The molecule has 0 bridgehead atoms. The molecule has 3 aromatic carbocycles. The van der Waals surface area contributed by atoms with Crippen LogP contribution in [0.4, 0.5) is 11.4 Å². The van der Waals surface area contributed by atoms with Gasteiger partial charge in [0.1, 0.15) is 0 Å². The molecule has 2 amide bonds. The minimum atomic E-state index is -0.0828. The van der Waals surface area contributed by atoms with E-state index in [9.17, 15) is 9.59 Å². The van der Waals surface area contributed by atoms with Gasteiger partial charge >= 0.3 is 0 Å². The van der Waals surface area contributed by atoms with Gasteiger partial charge in [0.2, 0.25) is 6.41 Å². The number of anilines is 2. The second kappa shape index (κ2) is 6.84. The average molecular weight is 342 g/mol. The molecule has 26 heavy (non-hydrogen) atoms. The van der Waals surface area contributed by atoms with E-state index in [1.54, 1.807) is 9.80 Å². The quantitative estimate of drug-likeness (QED) is 0.660. The van der Waals surface area contributed by atoms with Crippen molar-refractivity contribution in [2.75, 3.05) is 9.80 Å². The summed E-state index contributed by atoms with van der Waals surface area (Å²) in [6.45, 7) is 0.956. The van der Waals surface area contributed by atoms with Crippen LogP contribution in [0.2, 0.25) is 0 Å². The Labute approximate surface area is 152 Å². The van der Waals surface area contributed by atoms with Crippen molar-refractivity contribution in [2.24, 2.45) is 0 Å². The van der Waals surface area contributed by atoms with Crippen LogP contribution < -0.4 is 9.80 Å². The number of amides is 2. The van der Waals surface area contributed by atoms with E-state index in [2.05, 4.69) is 0 Å². The van der Waals surface area contributed by atoms with Crippen molar-refractivity contribution in [3.63, 3.8) is 0 Å². The zero-order chi connectivity index (χ0) is 17.9. The summed E-state index contributed by atoms with van der Waals surface area (Å²) in [5, 5.41) is 0. The van der Waals surface area contributed by atoms with Gasteiger partial charge in [-0.05, 0) is 35.4 Å². The summed E-state index contributed by atoms with van der Waals surface area (Å²) >= 11 is 0. The zero-order valence-corrected chi connectivity index (χ0v) is 14.2. The molecule has 0 N–H and O–H groups in total. The van der Waals surface area contributed by atoms with Crippen molar-refractivity contribution < 1.29 is 9.59 Å². The van der Waals surface area contributed by atoms with Gasteiger partial charge in [-0.15, -0.1) is 0 Å². The fourth-order valence-corrected chi connectivity index (χ4v) is 3.34. The maximum absolute atomic E-state index is 13.3. The number of para-hydroxylation sites is 2. The van der Waals surface area contributed by atoms with E-state index in [1.165, 1.54) is 0 Å². The van der Waals surface area contributed by atoms with Crippen LogP contribution in [0, 0.1) is 0 Å². The fraction of sp³-hybridized carbons (Fsp3) is 0.0909.